The maximum Gasteiger partial charge on any atom is 0.227 e. The van der Waals surface area contributed by atoms with Gasteiger partial charge in [-0.2, -0.15) is 0 Å². The van der Waals surface area contributed by atoms with Gasteiger partial charge in [0.05, 0.1) is 6.42 Å². The van der Waals surface area contributed by atoms with E-state index in [1.807, 2.05) is 36.0 Å². The molecule has 1 fully saturated rings. The van der Waals surface area contributed by atoms with Crippen LogP contribution in [0.2, 0.25) is 0 Å². The van der Waals surface area contributed by atoms with Crippen molar-refractivity contribution in [1.29, 1.82) is 0 Å². The molecule has 0 saturated carbocycles. The molecule has 2 aliphatic rings. The van der Waals surface area contributed by atoms with Crippen molar-refractivity contribution in [2.75, 3.05) is 38.6 Å². The highest BCUT2D eigenvalue weighted by molar-refractivity contribution is 5.79. The quantitative estimate of drug-likeness (QED) is 0.788. The third-order valence-corrected chi connectivity index (χ3v) is 6.77. The minimum absolute atomic E-state index is 0.0504. The van der Waals surface area contributed by atoms with E-state index in [4.69, 9.17) is 0 Å². The molecular formula is C25H31N3O2. The average molecular weight is 406 g/mol. The molecule has 0 unspecified atom stereocenters. The first-order valence-electron chi connectivity index (χ1n) is 10.8. The Labute approximate surface area is 179 Å². The third kappa shape index (κ3) is 3.93. The fourth-order valence-electron chi connectivity index (χ4n) is 4.94. The highest BCUT2D eigenvalue weighted by Gasteiger charge is 2.43. The topological polar surface area (TPSA) is 43.9 Å². The summed E-state index contributed by atoms with van der Waals surface area (Å²) in [5.74, 6) is 0.318. The number of nitrogens with zero attached hydrogens (tertiary/aromatic N) is 3. The zero-order valence-electron chi connectivity index (χ0n) is 18.2. The standard InChI is InChI=1S/C25H31N3O2/c1-19(29)27-14-12-25(13-15-27)18-28(17-21-6-4-5-7-23(21)25)24(30)16-20-8-10-22(11-9-20)26(2)3/h4-11H,12-18H2,1-3H3. The van der Waals surface area contributed by atoms with E-state index in [1.165, 1.54) is 11.1 Å². The highest BCUT2D eigenvalue weighted by Crippen LogP contribution is 2.42. The number of carbonyl (C=O) groups excluding carboxylic acids is 2. The second kappa shape index (κ2) is 8.13. The summed E-state index contributed by atoms with van der Waals surface area (Å²) in [5.41, 5.74) is 4.74. The average Bonchev–Trinajstić information content (AvgIpc) is 2.74. The molecule has 0 aliphatic carbocycles. The van der Waals surface area contributed by atoms with Crippen molar-refractivity contribution in [2.24, 2.45) is 0 Å². The van der Waals surface area contributed by atoms with Crippen LogP contribution in [0.4, 0.5) is 5.69 Å². The van der Waals surface area contributed by atoms with Crippen LogP contribution < -0.4 is 4.90 Å². The third-order valence-electron chi connectivity index (χ3n) is 6.77. The van der Waals surface area contributed by atoms with Gasteiger partial charge in [0, 0.05) is 58.3 Å². The number of piperidine rings is 1. The molecule has 4 rings (SSSR count). The van der Waals surface area contributed by atoms with Crippen LogP contribution in [0.5, 0.6) is 0 Å². The number of hydrogen-bond acceptors (Lipinski definition) is 3. The van der Waals surface area contributed by atoms with Gasteiger partial charge in [-0.15, -0.1) is 0 Å². The molecule has 0 N–H and O–H groups in total. The van der Waals surface area contributed by atoms with Gasteiger partial charge in [-0.25, -0.2) is 0 Å². The lowest BCUT2D eigenvalue weighted by atomic mass is 9.68. The molecule has 158 valence electrons. The first-order chi connectivity index (χ1) is 14.4. The Balaban J connectivity index is 1.54. The summed E-state index contributed by atoms with van der Waals surface area (Å²) in [7, 11) is 4.03. The number of benzene rings is 2. The zero-order valence-corrected chi connectivity index (χ0v) is 18.2. The Hall–Kier alpha value is -2.82. The van der Waals surface area contributed by atoms with Gasteiger partial charge < -0.3 is 14.7 Å². The van der Waals surface area contributed by atoms with E-state index in [2.05, 4.69) is 41.3 Å². The van der Waals surface area contributed by atoms with E-state index in [9.17, 15) is 9.59 Å². The minimum Gasteiger partial charge on any atom is -0.378 e. The Morgan fingerprint density at radius 2 is 1.63 bits per heavy atom. The first kappa shape index (κ1) is 20.5. The predicted molar refractivity (Wildman–Crippen MR) is 119 cm³/mol. The van der Waals surface area contributed by atoms with Gasteiger partial charge in [0.1, 0.15) is 0 Å². The van der Waals surface area contributed by atoms with Gasteiger partial charge >= 0.3 is 0 Å². The predicted octanol–water partition coefficient (Wildman–Crippen LogP) is 3.22. The molecule has 0 atom stereocenters. The summed E-state index contributed by atoms with van der Waals surface area (Å²) < 4.78 is 0. The van der Waals surface area contributed by atoms with Crippen LogP contribution in [0.15, 0.2) is 48.5 Å². The number of rotatable bonds is 3. The SMILES string of the molecule is CC(=O)N1CCC2(CC1)CN(C(=O)Cc1ccc(N(C)C)cc1)Cc1ccccc12. The van der Waals surface area contributed by atoms with Crippen LogP contribution in [0.25, 0.3) is 0 Å². The molecule has 2 aliphatic heterocycles. The molecule has 5 heteroatoms. The molecule has 2 heterocycles. The van der Waals surface area contributed by atoms with Crippen LogP contribution in [-0.2, 0) is 28.0 Å². The molecule has 0 bridgehead atoms. The number of anilines is 1. The lowest BCUT2D eigenvalue weighted by Gasteiger charge is -2.48. The number of fused-ring (bicyclic) bond motifs is 2. The molecule has 0 aromatic heterocycles. The van der Waals surface area contributed by atoms with Crippen molar-refractivity contribution >= 4 is 17.5 Å². The Morgan fingerprint density at radius 1 is 0.967 bits per heavy atom. The van der Waals surface area contributed by atoms with Crippen molar-refractivity contribution in [3.63, 3.8) is 0 Å². The molecule has 2 amide bonds. The van der Waals surface area contributed by atoms with Crippen molar-refractivity contribution in [1.82, 2.24) is 9.80 Å². The molecule has 2 aromatic carbocycles. The molecule has 2 aromatic rings. The summed E-state index contributed by atoms with van der Waals surface area (Å²) in [6.07, 6.45) is 2.24. The van der Waals surface area contributed by atoms with E-state index < -0.39 is 0 Å². The van der Waals surface area contributed by atoms with Gasteiger partial charge in [-0.3, -0.25) is 9.59 Å². The van der Waals surface area contributed by atoms with Crippen LogP contribution in [0, 0.1) is 0 Å². The zero-order chi connectivity index (χ0) is 21.3. The minimum atomic E-state index is -0.0504. The van der Waals surface area contributed by atoms with E-state index in [-0.39, 0.29) is 17.2 Å². The van der Waals surface area contributed by atoms with E-state index in [0.29, 0.717) is 13.0 Å². The van der Waals surface area contributed by atoms with E-state index >= 15 is 0 Å². The number of carbonyl (C=O) groups is 2. The molecule has 1 spiro atoms. The fourth-order valence-corrected chi connectivity index (χ4v) is 4.94. The Morgan fingerprint density at radius 3 is 2.27 bits per heavy atom. The molecular weight excluding hydrogens is 374 g/mol. The second-order valence-corrected chi connectivity index (χ2v) is 8.93. The van der Waals surface area contributed by atoms with E-state index in [0.717, 1.165) is 43.7 Å². The van der Waals surface area contributed by atoms with Crippen molar-refractivity contribution in [3.05, 3.63) is 65.2 Å². The Kier molecular flexibility index (Phi) is 5.54. The van der Waals surface area contributed by atoms with Gasteiger partial charge in [0.2, 0.25) is 11.8 Å². The monoisotopic (exact) mass is 405 g/mol. The molecule has 0 radical (unpaired) electrons. The van der Waals surface area contributed by atoms with E-state index in [1.54, 1.807) is 6.92 Å². The second-order valence-electron chi connectivity index (χ2n) is 8.93. The number of likely N-dealkylation sites (tertiary alicyclic amines) is 1. The largest absolute Gasteiger partial charge is 0.378 e. The van der Waals surface area contributed by atoms with Crippen molar-refractivity contribution in [3.8, 4) is 0 Å². The summed E-state index contributed by atoms with van der Waals surface area (Å²) in [6.45, 7) is 4.58. The lowest BCUT2D eigenvalue weighted by molar-refractivity contribution is -0.135. The van der Waals surface area contributed by atoms with Crippen molar-refractivity contribution in [2.45, 2.75) is 38.1 Å². The van der Waals surface area contributed by atoms with Crippen LogP contribution >= 0.6 is 0 Å². The smallest absolute Gasteiger partial charge is 0.227 e. The number of hydrogen-bond donors (Lipinski definition) is 0. The summed E-state index contributed by atoms with van der Waals surface area (Å²) in [4.78, 5) is 31.1. The summed E-state index contributed by atoms with van der Waals surface area (Å²) in [5, 5.41) is 0. The molecule has 1 saturated heterocycles. The van der Waals surface area contributed by atoms with Gasteiger partial charge in [-0.1, -0.05) is 36.4 Å². The summed E-state index contributed by atoms with van der Waals surface area (Å²) >= 11 is 0. The maximum atomic E-state index is 13.2. The van der Waals surface area contributed by atoms with Crippen LogP contribution in [0.3, 0.4) is 0 Å². The van der Waals surface area contributed by atoms with Crippen molar-refractivity contribution < 1.29 is 9.59 Å². The molecule has 30 heavy (non-hydrogen) atoms. The normalized spacial score (nSPS) is 17.6. The fraction of sp³-hybridized carbons (Fsp3) is 0.440. The van der Waals surface area contributed by atoms with Gasteiger partial charge in [-0.05, 0) is 41.7 Å². The Bertz CT molecular complexity index is 928. The lowest BCUT2D eigenvalue weighted by Crippen LogP contribution is -2.54. The van der Waals surface area contributed by atoms with Crippen LogP contribution in [-0.4, -0.2) is 55.3 Å². The molecule has 5 nitrogen and oxygen atoms in total. The van der Waals surface area contributed by atoms with Gasteiger partial charge in [0.25, 0.3) is 0 Å². The maximum absolute atomic E-state index is 13.2. The highest BCUT2D eigenvalue weighted by atomic mass is 16.2. The first-order valence-corrected chi connectivity index (χ1v) is 10.8. The van der Waals surface area contributed by atoms with Crippen LogP contribution in [0.1, 0.15) is 36.5 Å². The number of amides is 2. The van der Waals surface area contributed by atoms with Gasteiger partial charge in [0.15, 0.2) is 0 Å². The summed E-state index contributed by atoms with van der Waals surface area (Å²) in [6, 6.07) is 16.8.